The molecule has 2 rings (SSSR count). The molecule has 0 saturated carbocycles. The molecule has 1 saturated heterocycles. The molecule has 1 heterocycles. The maximum atomic E-state index is 5.72. The summed E-state index contributed by atoms with van der Waals surface area (Å²) >= 11 is 0. The van der Waals surface area contributed by atoms with Crippen LogP contribution in [-0.2, 0) is 4.74 Å². The second-order valence-corrected chi connectivity index (χ2v) is 4.51. The largest absolute Gasteiger partial charge is 0.492 e. The van der Waals surface area contributed by atoms with Crippen molar-refractivity contribution in [2.45, 2.75) is 32.0 Å². The van der Waals surface area contributed by atoms with E-state index in [0.29, 0.717) is 18.8 Å². The second-order valence-electron chi connectivity index (χ2n) is 4.51. The van der Waals surface area contributed by atoms with Gasteiger partial charge in [0.25, 0.3) is 0 Å². The van der Waals surface area contributed by atoms with E-state index < -0.39 is 0 Å². The minimum Gasteiger partial charge on any atom is -0.492 e. The van der Waals surface area contributed by atoms with Crippen LogP contribution in [0.15, 0.2) is 30.3 Å². The van der Waals surface area contributed by atoms with Crippen LogP contribution in [0.2, 0.25) is 0 Å². The Morgan fingerprint density at radius 3 is 2.82 bits per heavy atom. The Hall–Kier alpha value is -1.06. The van der Waals surface area contributed by atoms with Gasteiger partial charge in [-0.15, -0.1) is 0 Å². The fraction of sp³-hybridized carbons (Fsp3) is 0.571. The lowest BCUT2D eigenvalue weighted by molar-refractivity contribution is 0.0557. The van der Waals surface area contributed by atoms with E-state index in [1.54, 1.807) is 0 Å². The number of ether oxygens (including phenoxy) is 2. The Morgan fingerprint density at radius 2 is 2.12 bits per heavy atom. The minimum atomic E-state index is 0.390. The standard InChI is InChI=1S/C14H21NO2/c1-12-7-8-14(17-12)11-15-9-10-16-13-5-3-2-4-6-13/h2-6,12,14-15H,7-11H2,1H3. The van der Waals surface area contributed by atoms with E-state index in [2.05, 4.69) is 12.2 Å². The maximum Gasteiger partial charge on any atom is 0.119 e. The van der Waals surface area contributed by atoms with Crippen LogP contribution in [0.4, 0.5) is 0 Å². The molecule has 2 unspecified atom stereocenters. The molecule has 1 aromatic rings. The molecule has 94 valence electrons. The van der Waals surface area contributed by atoms with E-state index in [4.69, 9.17) is 9.47 Å². The van der Waals surface area contributed by atoms with Gasteiger partial charge in [0.05, 0.1) is 12.2 Å². The number of hydrogen-bond acceptors (Lipinski definition) is 3. The Morgan fingerprint density at radius 1 is 1.29 bits per heavy atom. The number of nitrogens with one attached hydrogen (secondary N) is 1. The van der Waals surface area contributed by atoms with Gasteiger partial charge in [0.15, 0.2) is 0 Å². The summed E-state index contributed by atoms with van der Waals surface area (Å²) in [5.74, 6) is 0.931. The molecule has 0 amide bonds. The van der Waals surface area contributed by atoms with E-state index >= 15 is 0 Å². The summed E-state index contributed by atoms with van der Waals surface area (Å²) in [6.07, 6.45) is 3.18. The summed E-state index contributed by atoms with van der Waals surface area (Å²) in [5.41, 5.74) is 0. The third-order valence-electron chi connectivity index (χ3n) is 2.98. The van der Waals surface area contributed by atoms with Crippen molar-refractivity contribution < 1.29 is 9.47 Å². The van der Waals surface area contributed by atoms with Crippen molar-refractivity contribution in [1.82, 2.24) is 5.32 Å². The molecule has 1 aromatic carbocycles. The lowest BCUT2D eigenvalue weighted by Crippen LogP contribution is -2.30. The summed E-state index contributed by atoms with van der Waals surface area (Å²) < 4.78 is 11.3. The number of para-hydroxylation sites is 1. The van der Waals surface area contributed by atoms with Crippen molar-refractivity contribution in [3.05, 3.63) is 30.3 Å². The van der Waals surface area contributed by atoms with Crippen molar-refractivity contribution >= 4 is 0 Å². The van der Waals surface area contributed by atoms with Crippen molar-refractivity contribution in [3.8, 4) is 5.75 Å². The molecule has 1 aliphatic heterocycles. The van der Waals surface area contributed by atoms with Crippen LogP contribution in [-0.4, -0.2) is 31.9 Å². The van der Waals surface area contributed by atoms with Gasteiger partial charge in [-0.25, -0.2) is 0 Å². The van der Waals surface area contributed by atoms with Gasteiger partial charge in [0.1, 0.15) is 12.4 Å². The molecule has 1 N–H and O–H groups in total. The Balaban J connectivity index is 1.52. The highest BCUT2D eigenvalue weighted by Gasteiger charge is 2.20. The number of rotatable bonds is 6. The molecule has 0 bridgehead atoms. The zero-order chi connectivity index (χ0) is 11.9. The lowest BCUT2D eigenvalue weighted by Gasteiger charge is -2.12. The van der Waals surface area contributed by atoms with Gasteiger partial charge in [-0.3, -0.25) is 0 Å². The first-order valence-corrected chi connectivity index (χ1v) is 6.38. The summed E-state index contributed by atoms with van der Waals surface area (Å²) in [7, 11) is 0. The minimum absolute atomic E-state index is 0.390. The molecule has 0 aliphatic carbocycles. The van der Waals surface area contributed by atoms with Gasteiger partial charge < -0.3 is 14.8 Å². The third-order valence-corrected chi connectivity index (χ3v) is 2.98. The highest BCUT2D eigenvalue weighted by Crippen LogP contribution is 2.17. The first-order chi connectivity index (χ1) is 8.34. The quantitative estimate of drug-likeness (QED) is 0.767. The first-order valence-electron chi connectivity index (χ1n) is 6.38. The molecular weight excluding hydrogens is 214 g/mol. The monoisotopic (exact) mass is 235 g/mol. The van der Waals surface area contributed by atoms with E-state index in [1.165, 1.54) is 12.8 Å². The zero-order valence-electron chi connectivity index (χ0n) is 10.4. The molecular formula is C14H21NO2. The average molecular weight is 235 g/mol. The summed E-state index contributed by atoms with van der Waals surface area (Å²) in [6, 6.07) is 9.90. The Labute approximate surface area is 103 Å². The van der Waals surface area contributed by atoms with Gasteiger partial charge in [-0.1, -0.05) is 18.2 Å². The highest BCUT2D eigenvalue weighted by molar-refractivity contribution is 5.20. The topological polar surface area (TPSA) is 30.5 Å². The molecule has 3 nitrogen and oxygen atoms in total. The van der Waals surface area contributed by atoms with Crippen LogP contribution < -0.4 is 10.1 Å². The SMILES string of the molecule is CC1CCC(CNCCOc2ccccc2)O1. The van der Waals surface area contributed by atoms with Crippen LogP contribution in [0, 0.1) is 0 Å². The highest BCUT2D eigenvalue weighted by atomic mass is 16.5. The van der Waals surface area contributed by atoms with E-state index in [1.807, 2.05) is 30.3 Å². The van der Waals surface area contributed by atoms with Gasteiger partial charge in [-0.2, -0.15) is 0 Å². The fourth-order valence-electron chi connectivity index (χ4n) is 2.06. The van der Waals surface area contributed by atoms with E-state index in [9.17, 15) is 0 Å². The summed E-state index contributed by atoms with van der Waals surface area (Å²) in [6.45, 7) is 4.64. The smallest absolute Gasteiger partial charge is 0.119 e. The molecule has 2 atom stereocenters. The van der Waals surface area contributed by atoms with Crippen molar-refractivity contribution in [3.63, 3.8) is 0 Å². The Kier molecular flexibility index (Phi) is 4.83. The molecule has 0 aromatic heterocycles. The molecule has 17 heavy (non-hydrogen) atoms. The predicted molar refractivity (Wildman–Crippen MR) is 68.4 cm³/mol. The Bertz CT molecular complexity index is 315. The van der Waals surface area contributed by atoms with Crippen molar-refractivity contribution in [1.29, 1.82) is 0 Å². The van der Waals surface area contributed by atoms with Crippen LogP contribution in [0.3, 0.4) is 0 Å². The zero-order valence-corrected chi connectivity index (χ0v) is 10.4. The summed E-state index contributed by atoms with van der Waals surface area (Å²) in [5, 5.41) is 3.37. The maximum absolute atomic E-state index is 5.72. The first kappa shape index (κ1) is 12.4. The predicted octanol–water partition coefficient (Wildman–Crippen LogP) is 2.22. The van der Waals surface area contributed by atoms with Gasteiger partial charge in [0, 0.05) is 13.1 Å². The normalized spacial score (nSPS) is 23.8. The van der Waals surface area contributed by atoms with Crippen LogP contribution in [0.5, 0.6) is 5.75 Å². The second kappa shape index (κ2) is 6.62. The molecule has 1 aliphatic rings. The molecule has 1 fully saturated rings. The van der Waals surface area contributed by atoms with Crippen LogP contribution in [0.25, 0.3) is 0 Å². The van der Waals surface area contributed by atoms with Gasteiger partial charge in [-0.05, 0) is 31.9 Å². The summed E-state index contributed by atoms with van der Waals surface area (Å²) in [4.78, 5) is 0. The van der Waals surface area contributed by atoms with E-state index in [-0.39, 0.29) is 0 Å². The third kappa shape index (κ3) is 4.36. The average Bonchev–Trinajstić information content (AvgIpc) is 2.76. The lowest BCUT2D eigenvalue weighted by atomic mass is 10.2. The van der Waals surface area contributed by atoms with Gasteiger partial charge in [0.2, 0.25) is 0 Å². The molecule has 0 spiro atoms. The van der Waals surface area contributed by atoms with E-state index in [0.717, 1.165) is 18.8 Å². The molecule has 0 radical (unpaired) electrons. The van der Waals surface area contributed by atoms with Crippen molar-refractivity contribution in [2.75, 3.05) is 19.7 Å². The van der Waals surface area contributed by atoms with Crippen LogP contribution >= 0.6 is 0 Å². The molecule has 3 heteroatoms. The fourth-order valence-corrected chi connectivity index (χ4v) is 2.06. The number of hydrogen-bond donors (Lipinski definition) is 1. The van der Waals surface area contributed by atoms with Crippen molar-refractivity contribution in [2.24, 2.45) is 0 Å². The van der Waals surface area contributed by atoms with Crippen LogP contribution in [0.1, 0.15) is 19.8 Å². The number of benzene rings is 1. The van der Waals surface area contributed by atoms with Gasteiger partial charge >= 0.3 is 0 Å².